The second-order valence-corrected chi connectivity index (χ2v) is 5.93. The molecule has 2 nitrogen and oxygen atoms in total. The molecule has 0 bridgehead atoms. The zero-order chi connectivity index (χ0) is 15.4. The minimum atomic E-state index is -0.827. The van der Waals surface area contributed by atoms with Crippen LogP contribution in [0.15, 0.2) is 42.5 Å². The van der Waals surface area contributed by atoms with Gasteiger partial charge in [-0.25, -0.2) is 0 Å². The number of aliphatic carboxylic acids is 1. The van der Waals surface area contributed by atoms with E-state index < -0.39 is 11.9 Å². The fourth-order valence-corrected chi connectivity index (χ4v) is 2.62. The summed E-state index contributed by atoms with van der Waals surface area (Å²) in [5, 5.41) is 10.3. The van der Waals surface area contributed by atoms with Gasteiger partial charge >= 0.3 is 5.97 Å². The summed E-state index contributed by atoms with van der Waals surface area (Å²) < 4.78 is 0. The molecule has 0 saturated carbocycles. The summed E-state index contributed by atoms with van der Waals surface area (Å²) >= 11 is 12.1. The summed E-state index contributed by atoms with van der Waals surface area (Å²) in [6.45, 7) is 2.00. The van der Waals surface area contributed by atoms with Crippen molar-refractivity contribution in [3.05, 3.63) is 69.2 Å². The molecule has 0 radical (unpaired) electrons. The zero-order valence-electron chi connectivity index (χ0n) is 11.6. The van der Waals surface area contributed by atoms with Crippen molar-refractivity contribution < 1.29 is 9.90 Å². The van der Waals surface area contributed by atoms with Gasteiger partial charge in [0.05, 0.1) is 16.0 Å². The van der Waals surface area contributed by atoms with Gasteiger partial charge in [0, 0.05) is 0 Å². The van der Waals surface area contributed by atoms with Gasteiger partial charge in [0.1, 0.15) is 0 Å². The Morgan fingerprint density at radius 2 is 1.76 bits per heavy atom. The Balaban J connectivity index is 2.18. The summed E-state index contributed by atoms with van der Waals surface area (Å²) in [4.78, 5) is 11.5. The molecule has 0 aromatic heterocycles. The Bertz CT molecular complexity index is 636. The number of hydrogen-bond acceptors (Lipinski definition) is 1. The van der Waals surface area contributed by atoms with E-state index in [4.69, 9.17) is 23.2 Å². The number of rotatable bonds is 5. The van der Waals surface area contributed by atoms with E-state index >= 15 is 0 Å². The van der Waals surface area contributed by atoms with Crippen molar-refractivity contribution in [1.82, 2.24) is 0 Å². The molecule has 0 aliphatic rings. The first-order valence-corrected chi connectivity index (χ1v) is 7.44. The predicted molar refractivity (Wildman–Crippen MR) is 86.2 cm³/mol. The van der Waals surface area contributed by atoms with Crippen LogP contribution in [0.25, 0.3) is 0 Å². The highest BCUT2D eigenvalue weighted by molar-refractivity contribution is 6.42. The quantitative estimate of drug-likeness (QED) is 0.859. The van der Waals surface area contributed by atoms with E-state index in [-0.39, 0.29) is 0 Å². The summed E-state index contributed by atoms with van der Waals surface area (Å²) in [6.07, 6.45) is 0.834. The molecule has 1 atom stereocenters. The number of carboxylic acid groups (broad SMARTS) is 1. The van der Waals surface area contributed by atoms with E-state index in [2.05, 4.69) is 0 Å². The van der Waals surface area contributed by atoms with Crippen LogP contribution in [0.2, 0.25) is 10.0 Å². The zero-order valence-corrected chi connectivity index (χ0v) is 13.2. The molecular weight excluding hydrogens is 307 g/mol. The Kier molecular flexibility index (Phi) is 5.27. The van der Waals surface area contributed by atoms with Gasteiger partial charge in [0.25, 0.3) is 0 Å². The highest BCUT2D eigenvalue weighted by atomic mass is 35.5. The average Bonchev–Trinajstić information content (AvgIpc) is 2.45. The number of aryl methyl sites for hydroxylation is 1. The van der Waals surface area contributed by atoms with Crippen molar-refractivity contribution in [3.8, 4) is 0 Å². The third-order valence-electron chi connectivity index (χ3n) is 3.45. The second-order valence-electron chi connectivity index (χ2n) is 5.14. The molecule has 1 N–H and O–H groups in total. The van der Waals surface area contributed by atoms with E-state index in [0.717, 1.165) is 16.7 Å². The van der Waals surface area contributed by atoms with Crippen LogP contribution in [-0.2, 0) is 17.6 Å². The Morgan fingerprint density at radius 3 is 2.38 bits per heavy atom. The van der Waals surface area contributed by atoms with Gasteiger partial charge in [0.15, 0.2) is 0 Å². The number of hydrogen-bond donors (Lipinski definition) is 1. The number of halogens is 2. The maximum absolute atomic E-state index is 11.5. The van der Waals surface area contributed by atoms with Crippen molar-refractivity contribution in [2.75, 3.05) is 0 Å². The molecule has 110 valence electrons. The molecule has 0 spiro atoms. The van der Waals surface area contributed by atoms with Gasteiger partial charge in [-0.2, -0.15) is 0 Å². The molecule has 0 fully saturated rings. The minimum Gasteiger partial charge on any atom is -0.481 e. The largest absolute Gasteiger partial charge is 0.481 e. The third-order valence-corrected chi connectivity index (χ3v) is 4.31. The first kappa shape index (κ1) is 15.9. The van der Waals surface area contributed by atoms with Crippen molar-refractivity contribution >= 4 is 29.2 Å². The highest BCUT2D eigenvalue weighted by Crippen LogP contribution is 2.28. The van der Waals surface area contributed by atoms with Gasteiger partial charge < -0.3 is 5.11 Å². The van der Waals surface area contributed by atoms with Crippen LogP contribution >= 0.6 is 23.2 Å². The topological polar surface area (TPSA) is 37.3 Å². The summed E-state index contributed by atoms with van der Waals surface area (Å²) in [5.74, 6) is -1.35. The maximum Gasteiger partial charge on any atom is 0.307 e. The number of carbonyl (C=O) groups is 1. The minimum absolute atomic E-state index is 0.364. The monoisotopic (exact) mass is 322 g/mol. The maximum atomic E-state index is 11.5. The van der Waals surface area contributed by atoms with Crippen LogP contribution in [0.5, 0.6) is 0 Å². The molecule has 0 aliphatic carbocycles. The molecule has 4 heteroatoms. The fourth-order valence-electron chi connectivity index (χ4n) is 2.23. The Hall–Kier alpha value is -1.51. The molecule has 2 rings (SSSR count). The second kappa shape index (κ2) is 6.97. The first-order chi connectivity index (χ1) is 9.97. The summed E-state index contributed by atoms with van der Waals surface area (Å²) in [5.41, 5.74) is 2.93. The lowest BCUT2D eigenvalue weighted by Crippen LogP contribution is -2.19. The van der Waals surface area contributed by atoms with Crippen LogP contribution < -0.4 is 0 Å². The van der Waals surface area contributed by atoms with Crippen LogP contribution in [0, 0.1) is 12.8 Å². The van der Waals surface area contributed by atoms with Crippen LogP contribution in [-0.4, -0.2) is 11.1 Å². The lowest BCUT2D eigenvalue weighted by Gasteiger charge is -2.14. The van der Waals surface area contributed by atoms with Crippen LogP contribution in [0.3, 0.4) is 0 Å². The smallest absolute Gasteiger partial charge is 0.307 e. The third kappa shape index (κ3) is 4.23. The van der Waals surface area contributed by atoms with Crippen molar-refractivity contribution in [2.24, 2.45) is 5.92 Å². The normalized spacial score (nSPS) is 12.1. The van der Waals surface area contributed by atoms with Crippen molar-refractivity contribution in [2.45, 2.75) is 19.8 Å². The fraction of sp³-hybridized carbons (Fsp3) is 0.235. The van der Waals surface area contributed by atoms with Crippen molar-refractivity contribution in [1.29, 1.82) is 0 Å². The highest BCUT2D eigenvalue weighted by Gasteiger charge is 2.20. The van der Waals surface area contributed by atoms with E-state index in [0.29, 0.717) is 22.9 Å². The molecule has 0 amide bonds. The standard InChI is InChI=1S/C17H16Cl2O2/c1-11-5-7-12(8-6-11)9-14(17(20)21)10-13-3-2-4-15(18)16(13)19/h2-8,14H,9-10H2,1H3,(H,20,21). The summed E-state index contributed by atoms with van der Waals surface area (Å²) in [7, 11) is 0. The van der Waals surface area contributed by atoms with Gasteiger partial charge in [-0.1, -0.05) is 65.2 Å². The van der Waals surface area contributed by atoms with Crippen molar-refractivity contribution in [3.63, 3.8) is 0 Å². The first-order valence-electron chi connectivity index (χ1n) is 6.68. The van der Waals surface area contributed by atoms with Crippen LogP contribution in [0.1, 0.15) is 16.7 Å². The van der Waals surface area contributed by atoms with Gasteiger partial charge in [-0.3, -0.25) is 4.79 Å². The Morgan fingerprint density at radius 1 is 1.10 bits per heavy atom. The predicted octanol–water partition coefficient (Wildman–Crippen LogP) is 4.79. The average molecular weight is 323 g/mol. The molecule has 0 aliphatic heterocycles. The van der Waals surface area contributed by atoms with Gasteiger partial charge in [-0.05, 0) is 37.0 Å². The van der Waals surface area contributed by atoms with Gasteiger partial charge in [0.2, 0.25) is 0 Å². The lowest BCUT2D eigenvalue weighted by molar-refractivity contribution is -0.141. The van der Waals surface area contributed by atoms with E-state index in [1.807, 2.05) is 37.3 Å². The van der Waals surface area contributed by atoms with E-state index in [9.17, 15) is 9.90 Å². The molecular formula is C17H16Cl2O2. The van der Waals surface area contributed by atoms with E-state index in [1.165, 1.54) is 0 Å². The molecule has 2 aromatic rings. The lowest BCUT2D eigenvalue weighted by atomic mass is 9.92. The van der Waals surface area contributed by atoms with Gasteiger partial charge in [-0.15, -0.1) is 0 Å². The molecule has 0 heterocycles. The van der Waals surface area contributed by atoms with Crippen LogP contribution in [0.4, 0.5) is 0 Å². The SMILES string of the molecule is Cc1ccc(CC(Cc2cccc(Cl)c2Cl)C(=O)O)cc1. The molecule has 21 heavy (non-hydrogen) atoms. The molecule has 2 aromatic carbocycles. The Labute approximate surface area is 134 Å². The molecule has 0 saturated heterocycles. The number of carboxylic acids is 1. The summed E-state index contributed by atoms with van der Waals surface area (Å²) in [6, 6.07) is 13.2. The van der Waals surface area contributed by atoms with E-state index in [1.54, 1.807) is 12.1 Å². The molecule has 1 unspecified atom stereocenters. The number of benzene rings is 2.